The number of nitrogens with zero attached hydrogens (tertiary/aromatic N) is 8. The summed E-state index contributed by atoms with van der Waals surface area (Å²) < 4.78 is 11.4. The fourth-order valence-corrected chi connectivity index (χ4v) is 128. The lowest BCUT2D eigenvalue weighted by atomic mass is 10.2. The highest BCUT2D eigenvalue weighted by Crippen LogP contribution is 2.17. The van der Waals surface area contributed by atoms with Crippen molar-refractivity contribution in [1.29, 1.82) is 0 Å². The topological polar surface area (TPSA) is 100 Å². The van der Waals surface area contributed by atoms with Gasteiger partial charge < -0.3 is 24.2 Å². The molecule has 3 fully saturated rings. The van der Waals surface area contributed by atoms with Crippen molar-refractivity contribution in [3.8, 4) is 12.3 Å². The van der Waals surface area contributed by atoms with E-state index in [4.69, 9.17) is 38.3 Å². The quantitative estimate of drug-likeness (QED) is 0.422. The number of anilines is 2. The van der Waals surface area contributed by atoms with Gasteiger partial charge in [0.1, 0.15) is 5.60 Å². The van der Waals surface area contributed by atoms with Crippen molar-refractivity contribution >= 4 is 474 Å². The fraction of sp³-hybridized carbons (Fsp3) is 0.577. The molecule has 0 aromatic carbocycles. The van der Waals surface area contributed by atoms with Gasteiger partial charge in [0, 0.05) is 517 Å². The summed E-state index contributed by atoms with van der Waals surface area (Å²) in [6.07, 6.45) is 11.9. The van der Waals surface area contributed by atoms with Crippen molar-refractivity contribution in [3.63, 3.8) is 0 Å². The molecule has 2 aromatic rings. The zero-order valence-corrected chi connectivity index (χ0v) is 83.8. The summed E-state index contributed by atoms with van der Waals surface area (Å²) in [7, 11) is 83.9. The number of amides is 1. The van der Waals surface area contributed by atoms with Crippen molar-refractivity contribution in [2.24, 2.45) is 0 Å². The number of hydrogen-bond acceptors (Lipinski definition) is 12. The average Bonchev–Trinajstić information content (AvgIpc) is 3.66. The second kappa shape index (κ2) is 64.6. The van der Waals surface area contributed by atoms with E-state index in [0.29, 0.717) is 38.2 Å². The lowest BCUT2D eigenvalue weighted by molar-refractivity contribution is -0.0661. The van der Waals surface area contributed by atoms with Gasteiger partial charge >= 0.3 is 6.09 Å². The number of carbonyl (C=O) groups is 1. The second-order valence-corrected chi connectivity index (χ2v) is 97.5. The molecule has 0 N–H and O–H groups in total. The molecule has 2 aromatic heterocycles. The maximum atomic E-state index is 11.9. The molecule has 0 aliphatic carbocycles. The number of aromatic nitrogens is 4. The highest BCUT2D eigenvalue weighted by Gasteiger charge is 2.29. The second-order valence-electron chi connectivity index (χ2n) is 13.5. The maximum absolute atomic E-state index is 11.9. The molecule has 0 radical (unpaired) electrons. The van der Waals surface area contributed by atoms with Crippen LogP contribution in [0.1, 0.15) is 26.3 Å². The molecule has 61 heteroatoms. The lowest BCUT2D eigenvalue weighted by Gasteiger charge is -2.42. The molecule has 0 atom stereocenters. The molecule has 5 rings (SSSR count). The fourth-order valence-electron chi connectivity index (χ4n) is 4.67. The Hall–Kier alpha value is 7.77. The molecule has 0 unspecified atom stereocenters. The number of hydrogen-bond donors (Lipinski definition) is 0. The Morgan fingerprint density at radius 3 is 0.943 bits per heavy atom. The predicted molar refractivity (Wildman–Crippen MR) is 509 cm³/mol. The van der Waals surface area contributed by atoms with Crippen LogP contribution >= 0.6 is 15.9 Å². The van der Waals surface area contributed by atoms with Gasteiger partial charge in [-0.1, -0.05) is 5.92 Å². The van der Waals surface area contributed by atoms with Gasteiger partial charge in [-0.3, -0.25) is 4.90 Å². The molecule has 3 saturated heterocycles. The largest absolute Gasteiger partial charge is 0.444 e. The Balaban J connectivity index is 0.000000415. The summed E-state index contributed by atoms with van der Waals surface area (Å²) in [5.41, 5.74) is 0.271. The Labute approximate surface area is 657 Å². The van der Waals surface area contributed by atoms with Crippen LogP contribution in [0.2, 0.25) is 0 Å². The third-order valence-corrected chi connectivity index (χ3v) is 110. The van der Waals surface area contributed by atoms with E-state index < -0.39 is 5.60 Å². The van der Waals surface area contributed by atoms with E-state index in [1.807, 2.05) is 314 Å². The highest BCUT2D eigenvalue weighted by molar-refractivity contribution is 9.10. The Kier molecular flexibility index (Phi) is 66.1. The third kappa shape index (κ3) is 52.4. The number of piperazine rings is 2. The molecule has 0 saturated carbocycles. The number of terminal acetylenes is 1. The lowest BCUT2D eigenvalue weighted by Crippen LogP contribution is -2.56. The minimum absolute atomic E-state index is 0.256. The van der Waals surface area contributed by atoms with Gasteiger partial charge in [0.2, 0.25) is 11.9 Å². The summed E-state index contributed by atoms with van der Waals surface area (Å²) in [5.74, 6) is 4.00. The van der Waals surface area contributed by atoms with Crippen LogP contribution in [-0.2, 0) is 449 Å². The van der Waals surface area contributed by atoms with E-state index in [9.17, 15) is 4.79 Å². The van der Waals surface area contributed by atoms with E-state index in [-0.39, 0.29) is 6.09 Å². The molecule has 498 valence electrons. The SMILES string of the molecule is C#Cc1cnc(N2CCN(C3COC3)CC2)nc1.CC(C)(C)OC(=O)N1CCN(c2ncc(Br)cn2)CC1.S=S=S=S=S=S=S=S=S=S=S=S=S=S=S=S=S=S=S=S=S=S=S=S=S=S=S=S=S=S=S=S=S=S=S=S=S=S=S=S=S=S=S=S=S=S=S=S=S. The van der Waals surface area contributed by atoms with Crippen molar-refractivity contribution in [2.45, 2.75) is 32.4 Å². The maximum Gasteiger partial charge on any atom is 0.410 e. The zero-order valence-electron chi connectivity index (χ0n) is 42.2. The summed E-state index contributed by atoms with van der Waals surface area (Å²) >= 11 is 12.9. The first-order chi connectivity index (χ1) is 42.6. The minimum Gasteiger partial charge on any atom is -0.444 e. The molecule has 11 nitrogen and oxygen atoms in total. The molecular formula is C26H35BrN8O3S49. The standard InChI is InChI=1S/C13H19BrN4O2.C13H16N4O.S49/c1-13(2,3)20-12(19)18-6-4-17(5-7-18)11-15-8-10(14)9-16-11;1-2-11-7-14-13(15-8-11)17-5-3-16(4-6-17)12-9-18-10-12;1-3-5-7-9-11-13-15-17-19-21-23-25-27-29-31-33-35-37-39-41-43-45-47-49-48-46-44-42-40-38-36-34-32-30-28-26-24-22-20-18-16-14-12-10-8-6-4-2/h8-9H,4-7H2,1-3H3;1,7-8,12H,3-6,9-10H2;. The van der Waals surface area contributed by atoms with E-state index in [2.05, 4.69) is 56.5 Å². The Morgan fingerprint density at radius 1 is 0.460 bits per heavy atom. The number of ether oxygens (including phenoxy) is 2. The normalized spacial score (nSPS) is 12.5. The van der Waals surface area contributed by atoms with Crippen molar-refractivity contribution in [2.75, 3.05) is 75.4 Å². The number of rotatable bonds is 3. The van der Waals surface area contributed by atoms with Crippen molar-refractivity contribution in [3.05, 3.63) is 34.8 Å². The first-order valence-electron chi connectivity index (χ1n) is 20.8. The molecule has 1 amide bonds. The van der Waals surface area contributed by atoms with Crippen LogP contribution in [-0.4, -0.2) is 113 Å². The molecule has 5 heterocycles. The summed E-state index contributed by atoms with van der Waals surface area (Å²) in [4.78, 5) is 37.6. The van der Waals surface area contributed by atoms with Gasteiger partial charge in [0.25, 0.3) is 0 Å². The van der Waals surface area contributed by atoms with Gasteiger partial charge in [-0.2, -0.15) is 0 Å². The zero-order chi connectivity index (χ0) is 62.4. The molecule has 3 aliphatic rings. The Bertz CT molecular complexity index is 4830. The van der Waals surface area contributed by atoms with Crippen LogP contribution in [0.3, 0.4) is 0 Å². The average molecular weight is 2160 g/mol. The first kappa shape index (κ1) is 89.0. The van der Waals surface area contributed by atoms with E-state index in [0.717, 1.165) is 55.4 Å². The highest BCUT2D eigenvalue weighted by atomic mass is 79.9. The molecule has 0 spiro atoms. The summed E-state index contributed by atoms with van der Waals surface area (Å²) in [6, 6.07) is 0.622. The van der Waals surface area contributed by atoms with Crippen LogP contribution < -0.4 is 9.80 Å². The Morgan fingerprint density at radius 2 is 0.713 bits per heavy atom. The van der Waals surface area contributed by atoms with Gasteiger partial charge in [0.15, 0.2) is 0 Å². The minimum atomic E-state index is -0.455. The van der Waals surface area contributed by atoms with Crippen LogP contribution in [0.25, 0.3) is 0 Å². The smallest absolute Gasteiger partial charge is 0.410 e. The van der Waals surface area contributed by atoms with Crippen LogP contribution in [0.4, 0.5) is 16.7 Å². The van der Waals surface area contributed by atoms with Gasteiger partial charge in [-0.25, -0.2) is 24.7 Å². The van der Waals surface area contributed by atoms with Gasteiger partial charge in [-0.15, -0.1) is 6.42 Å². The molecule has 0 bridgehead atoms. The van der Waals surface area contributed by atoms with E-state index >= 15 is 0 Å². The molecular weight excluding hydrogens is 2120 g/mol. The van der Waals surface area contributed by atoms with Crippen LogP contribution in [0.5, 0.6) is 0 Å². The number of carbonyl (C=O) groups excluding carboxylic acids is 1. The summed E-state index contributed by atoms with van der Waals surface area (Å²) in [5, 5.41) is 0. The van der Waals surface area contributed by atoms with Crippen LogP contribution in [0.15, 0.2) is 29.3 Å². The number of halogens is 1. The van der Waals surface area contributed by atoms with E-state index in [1.165, 1.54) is 17.8 Å². The van der Waals surface area contributed by atoms with Crippen molar-refractivity contribution in [1.82, 2.24) is 29.7 Å². The monoisotopic (exact) mass is 2150 g/mol. The molecule has 87 heavy (non-hydrogen) atoms. The third-order valence-electron chi connectivity index (χ3n) is 7.64. The van der Waals surface area contributed by atoms with Gasteiger partial charge in [-0.05, 0) is 36.7 Å². The predicted octanol–water partition coefficient (Wildman–Crippen LogP) is 2.16. The first-order valence-corrected chi connectivity index (χ1v) is 85.6. The van der Waals surface area contributed by atoms with Crippen molar-refractivity contribution < 1.29 is 14.3 Å². The molecule has 3 aliphatic heterocycles. The van der Waals surface area contributed by atoms with Gasteiger partial charge in [0.05, 0.1) is 29.3 Å². The summed E-state index contributed by atoms with van der Waals surface area (Å²) in [6.45, 7) is 14.1. The van der Waals surface area contributed by atoms with Crippen LogP contribution in [0, 0.1) is 12.3 Å². The van der Waals surface area contributed by atoms with E-state index in [1.54, 1.807) is 136 Å².